The predicted molar refractivity (Wildman–Crippen MR) is 61.1 cm³/mol. The quantitative estimate of drug-likeness (QED) is 0.823. The van der Waals surface area contributed by atoms with Gasteiger partial charge in [0.15, 0.2) is 0 Å². The zero-order valence-corrected chi connectivity index (χ0v) is 9.51. The second kappa shape index (κ2) is 6.51. The topological polar surface area (TPSA) is 82.3 Å². The Morgan fingerprint density at radius 2 is 2.18 bits per heavy atom. The van der Waals surface area contributed by atoms with Crippen LogP contribution in [-0.2, 0) is 4.74 Å². The molecular weight excluding hydrogens is 220 g/mol. The maximum atomic E-state index is 11.2. The molecule has 5 heteroatoms. The van der Waals surface area contributed by atoms with E-state index in [0.29, 0.717) is 5.56 Å². The molecule has 1 atom stereocenters. The normalized spacial score (nSPS) is 11.4. The summed E-state index contributed by atoms with van der Waals surface area (Å²) in [5, 5.41) is 19.7. The largest absolute Gasteiger partial charge is 0.447 e. The van der Waals surface area contributed by atoms with Crippen molar-refractivity contribution in [2.24, 2.45) is 0 Å². The molecular formula is C12H14N2O3. The molecule has 0 spiro atoms. The molecule has 0 aliphatic heterocycles. The van der Waals surface area contributed by atoms with Crippen LogP contribution in [0.3, 0.4) is 0 Å². The summed E-state index contributed by atoms with van der Waals surface area (Å²) in [7, 11) is 0. The molecule has 0 aliphatic rings. The molecule has 0 saturated carbocycles. The van der Waals surface area contributed by atoms with Crippen LogP contribution in [0.2, 0.25) is 0 Å². The van der Waals surface area contributed by atoms with E-state index in [2.05, 4.69) is 10.1 Å². The zero-order chi connectivity index (χ0) is 12.7. The van der Waals surface area contributed by atoms with E-state index in [9.17, 15) is 4.79 Å². The highest BCUT2D eigenvalue weighted by Gasteiger charge is 2.09. The molecule has 0 aromatic heterocycles. The maximum absolute atomic E-state index is 11.2. The van der Waals surface area contributed by atoms with Gasteiger partial charge in [-0.3, -0.25) is 0 Å². The zero-order valence-electron chi connectivity index (χ0n) is 9.51. The first-order valence-electron chi connectivity index (χ1n) is 5.21. The minimum Gasteiger partial charge on any atom is -0.447 e. The lowest BCUT2D eigenvalue weighted by Gasteiger charge is -2.14. The Hall–Kier alpha value is -2.06. The Kier molecular flexibility index (Phi) is 4.98. The molecule has 0 radical (unpaired) electrons. The minimum absolute atomic E-state index is 0.0219. The number of alkyl carbamates (subject to hydrolysis) is 1. The molecule has 0 fully saturated rings. The summed E-state index contributed by atoms with van der Waals surface area (Å²) in [5.41, 5.74) is 1.45. The van der Waals surface area contributed by atoms with Gasteiger partial charge in [-0.05, 0) is 24.6 Å². The van der Waals surface area contributed by atoms with Crippen molar-refractivity contribution in [2.45, 2.75) is 13.0 Å². The summed E-state index contributed by atoms with van der Waals surface area (Å²) in [6.45, 7) is 1.59. The van der Waals surface area contributed by atoms with Crippen molar-refractivity contribution >= 4 is 6.09 Å². The van der Waals surface area contributed by atoms with Gasteiger partial charge in [0.2, 0.25) is 0 Å². The molecule has 90 valence electrons. The third kappa shape index (κ3) is 4.13. The number of benzene rings is 1. The number of hydrogen-bond acceptors (Lipinski definition) is 4. The summed E-state index contributed by atoms with van der Waals surface area (Å²) >= 11 is 0. The van der Waals surface area contributed by atoms with Crippen LogP contribution in [-0.4, -0.2) is 24.4 Å². The molecule has 0 saturated heterocycles. The number of carbonyl (C=O) groups excluding carboxylic acids is 1. The van der Waals surface area contributed by atoms with Crippen molar-refractivity contribution in [3.63, 3.8) is 0 Å². The molecule has 1 aromatic rings. The summed E-state index contributed by atoms with van der Waals surface area (Å²) in [5.74, 6) is 0. The Labute approximate surface area is 99.6 Å². The molecule has 0 heterocycles. The van der Waals surface area contributed by atoms with Crippen molar-refractivity contribution in [3.05, 3.63) is 35.4 Å². The molecule has 2 N–H and O–H groups in total. The predicted octanol–water partition coefficient (Wildman–Crippen LogP) is 1.34. The molecule has 0 aliphatic carbocycles. The number of hydrogen-bond donors (Lipinski definition) is 2. The fraction of sp³-hybridized carbons (Fsp3) is 0.333. The van der Waals surface area contributed by atoms with Crippen LogP contribution in [0.1, 0.15) is 24.1 Å². The third-order valence-electron chi connectivity index (χ3n) is 2.20. The van der Waals surface area contributed by atoms with E-state index >= 15 is 0 Å². The maximum Gasteiger partial charge on any atom is 0.407 e. The van der Waals surface area contributed by atoms with Crippen molar-refractivity contribution in [1.29, 1.82) is 5.26 Å². The lowest BCUT2D eigenvalue weighted by atomic mass is 10.1. The van der Waals surface area contributed by atoms with E-state index in [1.807, 2.05) is 13.0 Å². The Bertz CT molecular complexity index is 409. The van der Waals surface area contributed by atoms with Crippen LogP contribution in [0.25, 0.3) is 0 Å². The van der Waals surface area contributed by atoms with Gasteiger partial charge < -0.3 is 15.2 Å². The van der Waals surface area contributed by atoms with Gasteiger partial charge in [-0.1, -0.05) is 12.1 Å². The lowest BCUT2D eigenvalue weighted by molar-refractivity contribution is 0.116. The van der Waals surface area contributed by atoms with Gasteiger partial charge >= 0.3 is 6.09 Å². The number of nitriles is 1. The summed E-state index contributed by atoms with van der Waals surface area (Å²) < 4.78 is 4.68. The summed E-state index contributed by atoms with van der Waals surface area (Å²) in [6.07, 6.45) is -0.573. The Morgan fingerprint density at radius 1 is 1.53 bits per heavy atom. The number of ether oxygens (including phenoxy) is 1. The molecule has 1 amide bonds. The van der Waals surface area contributed by atoms with E-state index in [1.54, 1.807) is 24.3 Å². The van der Waals surface area contributed by atoms with Gasteiger partial charge in [0.25, 0.3) is 0 Å². The number of carbonyl (C=O) groups is 1. The van der Waals surface area contributed by atoms with Crippen molar-refractivity contribution in [3.8, 4) is 6.07 Å². The first kappa shape index (κ1) is 13.0. The third-order valence-corrected chi connectivity index (χ3v) is 2.20. The second-order valence-corrected chi connectivity index (χ2v) is 3.46. The van der Waals surface area contributed by atoms with Crippen molar-refractivity contribution in [2.75, 3.05) is 13.2 Å². The molecule has 1 rings (SSSR count). The smallest absolute Gasteiger partial charge is 0.407 e. The van der Waals surface area contributed by atoms with Gasteiger partial charge in [-0.25, -0.2) is 4.79 Å². The van der Waals surface area contributed by atoms with Crippen molar-refractivity contribution in [1.82, 2.24) is 5.32 Å². The van der Waals surface area contributed by atoms with Gasteiger partial charge in [-0.15, -0.1) is 0 Å². The number of nitrogens with one attached hydrogen (secondary N) is 1. The highest BCUT2D eigenvalue weighted by atomic mass is 16.6. The van der Waals surface area contributed by atoms with Crippen LogP contribution in [0, 0.1) is 11.3 Å². The second-order valence-electron chi connectivity index (χ2n) is 3.46. The number of aliphatic hydroxyl groups excluding tert-OH is 1. The van der Waals surface area contributed by atoms with Gasteiger partial charge in [0, 0.05) is 0 Å². The molecule has 1 aromatic carbocycles. The fourth-order valence-electron chi connectivity index (χ4n) is 1.29. The Morgan fingerprint density at radius 3 is 2.71 bits per heavy atom. The first-order valence-corrected chi connectivity index (χ1v) is 5.21. The molecule has 5 nitrogen and oxygen atoms in total. The highest BCUT2D eigenvalue weighted by molar-refractivity contribution is 5.67. The van der Waals surface area contributed by atoms with E-state index < -0.39 is 6.09 Å². The van der Waals surface area contributed by atoms with Crippen LogP contribution in [0.15, 0.2) is 24.3 Å². The number of amides is 1. The lowest BCUT2D eigenvalue weighted by Crippen LogP contribution is -2.28. The summed E-state index contributed by atoms with van der Waals surface area (Å²) in [4.78, 5) is 11.2. The van der Waals surface area contributed by atoms with E-state index in [0.717, 1.165) is 5.56 Å². The average Bonchev–Trinajstić information content (AvgIpc) is 2.36. The minimum atomic E-state index is -0.573. The highest BCUT2D eigenvalue weighted by Crippen LogP contribution is 2.13. The van der Waals surface area contributed by atoms with Crippen LogP contribution in [0.5, 0.6) is 0 Å². The van der Waals surface area contributed by atoms with Crippen LogP contribution in [0.4, 0.5) is 4.79 Å². The van der Waals surface area contributed by atoms with Gasteiger partial charge in [0.05, 0.1) is 24.3 Å². The average molecular weight is 234 g/mol. The fourth-order valence-corrected chi connectivity index (χ4v) is 1.29. The number of nitrogens with zero attached hydrogens (tertiary/aromatic N) is 1. The molecule has 17 heavy (non-hydrogen) atoms. The molecule has 1 unspecified atom stereocenters. The SMILES string of the molecule is CC(NC(=O)OCCO)c1ccc(C#N)cc1. The first-order chi connectivity index (χ1) is 8.17. The standard InChI is InChI=1S/C12H14N2O3/c1-9(14-12(16)17-7-6-15)11-4-2-10(8-13)3-5-11/h2-5,9,15H,6-7H2,1H3,(H,14,16). The van der Waals surface area contributed by atoms with Crippen LogP contribution >= 0.6 is 0 Å². The van der Waals surface area contributed by atoms with E-state index in [4.69, 9.17) is 10.4 Å². The Balaban J connectivity index is 2.54. The van der Waals surface area contributed by atoms with Gasteiger partial charge in [0.1, 0.15) is 6.61 Å². The van der Waals surface area contributed by atoms with Crippen LogP contribution < -0.4 is 5.32 Å². The van der Waals surface area contributed by atoms with Crippen molar-refractivity contribution < 1.29 is 14.6 Å². The monoisotopic (exact) mass is 234 g/mol. The number of aliphatic hydroxyl groups is 1. The van der Waals surface area contributed by atoms with Gasteiger partial charge in [-0.2, -0.15) is 5.26 Å². The van der Waals surface area contributed by atoms with E-state index in [1.165, 1.54) is 0 Å². The number of rotatable bonds is 4. The van der Waals surface area contributed by atoms with E-state index in [-0.39, 0.29) is 19.3 Å². The molecule has 0 bridgehead atoms. The summed E-state index contributed by atoms with van der Waals surface area (Å²) in [6, 6.07) is 8.73.